The molecule has 0 fully saturated rings. The average molecular weight is 385 g/mol. The molecule has 0 heterocycles. The Bertz CT molecular complexity index is 764. The number of alkyl halides is 4. The van der Waals surface area contributed by atoms with E-state index in [4.69, 9.17) is 5.11 Å². The number of aliphatic hydroxyl groups is 1. The van der Waals surface area contributed by atoms with E-state index in [-0.39, 0.29) is 0 Å². The van der Waals surface area contributed by atoms with Crippen molar-refractivity contribution in [1.29, 1.82) is 0 Å². The minimum absolute atomic E-state index is 0.378. The van der Waals surface area contributed by atoms with E-state index < -0.39 is 52.7 Å². The number of amides is 1. The SMILES string of the molecule is CC(=O)NS(=O)(=O)C(F)(F)C(F)(F)S(=O)(=O)C(C(C)=O)=C(C)O. The minimum Gasteiger partial charge on any atom is -0.511 e. The first kappa shape index (κ1) is 21.3. The lowest BCUT2D eigenvalue weighted by molar-refractivity contribution is -0.119. The van der Waals surface area contributed by atoms with E-state index in [1.165, 1.54) is 0 Å². The summed E-state index contributed by atoms with van der Waals surface area (Å²) in [6, 6.07) is 0. The molecule has 0 unspecified atom stereocenters. The average Bonchev–Trinajstić information content (AvgIpc) is 2.24. The molecule has 134 valence electrons. The number of carbonyl (C=O) groups excluding carboxylic acids is 2. The molecular formula is C9H11F4NO7S2. The van der Waals surface area contributed by atoms with Crippen LogP contribution in [-0.4, -0.2) is 44.1 Å². The van der Waals surface area contributed by atoms with Crippen molar-refractivity contribution in [3.63, 3.8) is 0 Å². The molecule has 1 amide bonds. The summed E-state index contributed by atoms with van der Waals surface area (Å²) in [5.41, 5.74) is 0. The van der Waals surface area contributed by atoms with Crippen LogP contribution in [0.15, 0.2) is 10.7 Å². The lowest BCUT2D eigenvalue weighted by Crippen LogP contribution is -2.57. The van der Waals surface area contributed by atoms with Gasteiger partial charge in [-0.05, 0) is 13.8 Å². The van der Waals surface area contributed by atoms with Gasteiger partial charge in [0.1, 0.15) is 5.76 Å². The Hall–Kier alpha value is -1.70. The van der Waals surface area contributed by atoms with Gasteiger partial charge < -0.3 is 5.11 Å². The Morgan fingerprint density at radius 1 is 0.913 bits per heavy atom. The fourth-order valence-corrected chi connectivity index (χ4v) is 4.15. The minimum atomic E-state index is -6.61. The van der Waals surface area contributed by atoms with Crippen LogP contribution in [0.2, 0.25) is 0 Å². The van der Waals surface area contributed by atoms with Gasteiger partial charge in [0, 0.05) is 6.92 Å². The Balaban J connectivity index is 6.54. The van der Waals surface area contributed by atoms with Gasteiger partial charge in [-0.3, -0.25) is 9.59 Å². The summed E-state index contributed by atoms with van der Waals surface area (Å²) >= 11 is 0. The van der Waals surface area contributed by atoms with Crippen molar-refractivity contribution < 1.29 is 49.1 Å². The number of sulfone groups is 1. The second-order valence-corrected chi connectivity index (χ2v) is 7.82. The maximum absolute atomic E-state index is 13.7. The molecule has 0 aliphatic carbocycles. The molecule has 0 rings (SSSR count). The predicted molar refractivity (Wildman–Crippen MR) is 67.6 cm³/mol. The van der Waals surface area contributed by atoms with Gasteiger partial charge in [0.2, 0.25) is 5.91 Å². The quantitative estimate of drug-likeness (QED) is 0.385. The molecule has 0 saturated carbocycles. The van der Waals surface area contributed by atoms with Crippen molar-refractivity contribution in [2.75, 3.05) is 0 Å². The zero-order valence-corrected chi connectivity index (χ0v) is 13.4. The molecule has 0 aliphatic heterocycles. The number of nitrogens with one attached hydrogen (secondary N) is 1. The Kier molecular flexibility index (Phi) is 5.62. The van der Waals surface area contributed by atoms with Gasteiger partial charge in [-0.2, -0.15) is 26.0 Å². The molecule has 2 N–H and O–H groups in total. The second-order valence-electron chi connectivity index (χ2n) is 4.17. The highest BCUT2D eigenvalue weighted by atomic mass is 32.2. The molecule has 0 aromatic rings. The molecule has 8 nitrogen and oxygen atoms in total. The molecule has 0 aromatic heterocycles. The van der Waals surface area contributed by atoms with E-state index in [1.54, 1.807) is 0 Å². The molecule has 0 saturated heterocycles. The zero-order chi connectivity index (χ0) is 19.0. The van der Waals surface area contributed by atoms with Gasteiger partial charge in [0.15, 0.2) is 10.7 Å². The van der Waals surface area contributed by atoms with Gasteiger partial charge in [-0.15, -0.1) is 0 Å². The molecule has 0 aliphatic rings. The maximum atomic E-state index is 13.7. The van der Waals surface area contributed by atoms with Crippen molar-refractivity contribution in [2.45, 2.75) is 31.3 Å². The van der Waals surface area contributed by atoms with Crippen LogP contribution in [0.4, 0.5) is 17.6 Å². The number of ketones is 1. The summed E-state index contributed by atoms with van der Waals surface area (Å²) in [5, 5.41) is -3.70. The Labute approximate surface area is 128 Å². The monoisotopic (exact) mass is 385 g/mol. The Morgan fingerprint density at radius 3 is 1.57 bits per heavy atom. The normalized spacial score (nSPS) is 14.9. The summed E-state index contributed by atoms with van der Waals surface area (Å²) in [7, 11) is -13.1. The first-order valence-corrected chi connectivity index (χ1v) is 8.34. The molecule has 0 aromatic carbocycles. The Morgan fingerprint density at radius 2 is 1.30 bits per heavy atom. The zero-order valence-electron chi connectivity index (χ0n) is 11.7. The largest absolute Gasteiger partial charge is 0.511 e. The summed E-state index contributed by atoms with van der Waals surface area (Å²) in [6.07, 6.45) is 0. The number of sulfonamides is 1. The van der Waals surface area contributed by atoms with Crippen LogP contribution in [0.5, 0.6) is 0 Å². The van der Waals surface area contributed by atoms with E-state index >= 15 is 0 Å². The van der Waals surface area contributed by atoms with Crippen molar-refractivity contribution in [3.8, 4) is 0 Å². The third kappa shape index (κ3) is 3.46. The van der Waals surface area contributed by atoms with Gasteiger partial charge in [0.05, 0.1) is 0 Å². The number of Topliss-reactive ketones (excluding diaryl/α,β-unsaturated/α-hetero) is 1. The molecule has 23 heavy (non-hydrogen) atoms. The highest BCUT2D eigenvalue weighted by Gasteiger charge is 2.74. The smallest absolute Gasteiger partial charge is 0.441 e. The third-order valence-electron chi connectivity index (χ3n) is 2.21. The lowest BCUT2D eigenvalue weighted by atomic mass is 10.4. The molecule has 14 heteroatoms. The number of carbonyl (C=O) groups is 2. The van der Waals surface area contributed by atoms with Gasteiger partial charge in [-0.1, -0.05) is 0 Å². The van der Waals surface area contributed by atoms with E-state index in [0.717, 1.165) is 0 Å². The van der Waals surface area contributed by atoms with Crippen molar-refractivity contribution in [1.82, 2.24) is 4.72 Å². The number of hydrogen-bond donors (Lipinski definition) is 2. The second kappa shape index (κ2) is 6.07. The van der Waals surface area contributed by atoms with Gasteiger partial charge >= 0.3 is 20.5 Å². The number of aliphatic hydroxyl groups excluding tert-OH is 1. The highest BCUT2D eigenvalue weighted by Crippen LogP contribution is 2.45. The molecule has 0 spiro atoms. The van der Waals surface area contributed by atoms with Crippen LogP contribution in [0, 0.1) is 0 Å². The molecular weight excluding hydrogens is 374 g/mol. The topological polar surface area (TPSA) is 135 Å². The van der Waals surface area contributed by atoms with E-state index in [2.05, 4.69) is 0 Å². The van der Waals surface area contributed by atoms with Crippen LogP contribution >= 0.6 is 0 Å². The molecule has 0 bridgehead atoms. The number of allylic oxidation sites excluding steroid dienone is 2. The maximum Gasteiger partial charge on any atom is 0.441 e. The molecule has 0 radical (unpaired) electrons. The summed E-state index contributed by atoms with van der Waals surface area (Å²) < 4.78 is 101. The summed E-state index contributed by atoms with van der Waals surface area (Å²) in [6.45, 7) is 1.23. The van der Waals surface area contributed by atoms with Crippen molar-refractivity contribution in [2.24, 2.45) is 0 Å². The number of hydrogen-bond acceptors (Lipinski definition) is 7. The fraction of sp³-hybridized carbons (Fsp3) is 0.556. The summed E-state index contributed by atoms with van der Waals surface area (Å²) in [4.78, 5) is 19.5. The summed E-state index contributed by atoms with van der Waals surface area (Å²) in [5.74, 6) is -4.94. The standard InChI is InChI=1S/C9H11F4NO7S2/c1-4(15)7(5(2)16)22(18,19)8(10,11)9(12,13)23(20,21)14-6(3)17/h15H,1-3H3,(H,14,17). The van der Waals surface area contributed by atoms with Crippen LogP contribution in [0.25, 0.3) is 0 Å². The van der Waals surface area contributed by atoms with Gasteiger partial charge in [-0.25, -0.2) is 13.1 Å². The van der Waals surface area contributed by atoms with Crippen LogP contribution in [0.3, 0.4) is 0 Å². The van der Waals surface area contributed by atoms with E-state index in [1.807, 2.05) is 0 Å². The molecule has 0 atom stereocenters. The van der Waals surface area contributed by atoms with Crippen LogP contribution in [-0.2, 0) is 29.4 Å². The van der Waals surface area contributed by atoms with E-state index in [0.29, 0.717) is 25.5 Å². The van der Waals surface area contributed by atoms with Gasteiger partial charge in [0.25, 0.3) is 9.84 Å². The van der Waals surface area contributed by atoms with Crippen molar-refractivity contribution >= 4 is 31.6 Å². The number of halogens is 4. The van der Waals surface area contributed by atoms with E-state index in [9.17, 15) is 44.0 Å². The lowest BCUT2D eigenvalue weighted by Gasteiger charge is -2.26. The predicted octanol–water partition coefficient (Wildman–Crippen LogP) is 0.431. The van der Waals surface area contributed by atoms with Crippen LogP contribution in [0.1, 0.15) is 20.8 Å². The first-order valence-electron chi connectivity index (χ1n) is 5.37. The fourth-order valence-electron chi connectivity index (χ4n) is 1.33. The van der Waals surface area contributed by atoms with Crippen molar-refractivity contribution in [3.05, 3.63) is 10.7 Å². The number of rotatable bonds is 6. The van der Waals surface area contributed by atoms with Crippen LogP contribution < -0.4 is 4.72 Å². The third-order valence-corrected chi connectivity index (χ3v) is 5.88. The first-order chi connectivity index (χ1) is 9.93. The highest BCUT2D eigenvalue weighted by molar-refractivity contribution is 7.99.